The second-order valence-corrected chi connectivity index (χ2v) is 5.98. The summed E-state index contributed by atoms with van der Waals surface area (Å²) in [6.07, 6.45) is 1.74. The Kier molecular flexibility index (Phi) is 4.42. The molecule has 0 N–H and O–H groups in total. The molecule has 0 atom stereocenters. The van der Waals surface area contributed by atoms with Crippen molar-refractivity contribution in [3.05, 3.63) is 60.2 Å². The van der Waals surface area contributed by atoms with E-state index < -0.39 is 0 Å². The van der Waals surface area contributed by atoms with Crippen LogP contribution in [0, 0.1) is 0 Å². The van der Waals surface area contributed by atoms with Gasteiger partial charge < -0.3 is 18.6 Å². The molecule has 0 bridgehead atoms. The molecule has 0 unspecified atom stereocenters. The third kappa shape index (κ3) is 3.08. The largest absolute Gasteiger partial charge is 0.496 e. The molecule has 5 nitrogen and oxygen atoms in total. The van der Waals surface area contributed by atoms with Crippen LogP contribution in [0.3, 0.4) is 0 Å². The molecule has 0 saturated carbocycles. The van der Waals surface area contributed by atoms with Gasteiger partial charge in [0.25, 0.3) is 0 Å². The first kappa shape index (κ1) is 17.0. The molecular weight excluding hydrogens is 342 g/mol. The van der Waals surface area contributed by atoms with Crippen LogP contribution in [-0.4, -0.2) is 27.5 Å². The summed E-state index contributed by atoms with van der Waals surface area (Å²) in [6.45, 7) is 0. The molecule has 0 fully saturated rings. The van der Waals surface area contributed by atoms with Crippen LogP contribution in [0.4, 0.5) is 5.69 Å². The summed E-state index contributed by atoms with van der Waals surface area (Å²) < 4.78 is 22.1. The van der Waals surface area contributed by atoms with Crippen molar-refractivity contribution in [3.8, 4) is 17.2 Å². The molecule has 27 heavy (non-hydrogen) atoms. The van der Waals surface area contributed by atoms with Crippen molar-refractivity contribution in [1.82, 2.24) is 0 Å². The van der Waals surface area contributed by atoms with Crippen LogP contribution in [0.25, 0.3) is 21.9 Å². The molecule has 0 saturated heterocycles. The predicted octanol–water partition coefficient (Wildman–Crippen LogP) is 5.36. The third-order valence-corrected chi connectivity index (χ3v) is 4.46. The summed E-state index contributed by atoms with van der Waals surface area (Å²) in [5.41, 5.74) is 3.27. The van der Waals surface area contributed by atoms with Crippen molar-refractivity contribution in [2.75, 3.05) is 21.3 Å². The highest BCUT2D eigenvalue weighted by atomic mass is 16.5. The van der Waals surface area contributed by atoms with Gasteiger partial charge in [0.05, 0.1) is 32.6 Å². The number of furan rings is 1. The van der Waals surface area contributed by atoms with Crippen molar-refractivity contribution in [3.63, 3.8) is 0 Å². The fourth-order valence-electron chi connectivity index (χ4n) is 3.09. The van der Waals surface area contributed by atoms with E-state index in [1.54, 1.807) is 39.7 Å². The van der Waals surface area contributed by atoms with Gasteiger partial charge in [0.15, 0.2) is 0 Å². The molecule has 0 aliphatic carbocycles. The van der Waals surface area contributed by atoms with Crippen LogP contribution in [0.5, 0.6) is 17.2 Å². The topological polar surface area (TPSA) is 53.2 Å². The maximum atomic E-state index is 5.86. The fourth-order valence-corrected chi connectivity index (χ4v) is 3.09. The summed E-state index contributed by atoms with van der Waals surface area (Å²) >= 11 is 0. The quantitative estimate of drug-likeness (QED) is 0.449. The molecule has 1 heterocycles. The average Bonchev–Trinajstić information content (AvgIpc) is 3.09. The molecule has 0 aliphatic heterocycles. The highest BCUT2D eigenvalue weighted by Gasteiger charge is 2.12. The van der Waals surface area contributed by atoms with Gasteiger partial charge in [-0.1, -0.05) is 18.2 Å². The average molecular weight is 361 g/mol. The lowest BCUT2D eigenvalue weighted by Crippen LogP contribution is -1.97. The lowest BCUT2D eigenvalue weighted by atomic mass is 10.1. The van der Waals surface area contributed by atoms with Gasteiger partial charge in [-0.15, -0.1) is 0 Å². The van der Waals surface area contributed by atoms with Crippen LogP contribution in [0.2, 0.25) is 0 Å². The zero-order chi connectivity index (χ0) is 18.8. The second-order valence-electron chi connectivity index (χ2n) is 5.98. The number of nitrogens with zero attached hydrogens (tertiary/aromatic N) is 1. The molecule has 4 rings (SSSR count). The van der Waals surface area contributed by atoms with Crippen molar-refractivity contribution in [2.45, 2.75) is 0 Å². The minimum atomic E-state index is 0.629. The van der Waals surface area contributed by atoms with Gasteiger partial charge >= 0.3 is 0 Å². The van der Waals surface area contributed by atoms with Crippen LogP contribution in [0.1, 0.15) is 5.56 Å². The van der Waals surface area contributed by atoms with Crippen LogP contribution in [0.15, 0.2) is 64.0 Å². The Labute approximate surface area is 156 Å². The maximum Gasteiger partial charge on any atom is 0.135 e. The summed E-state index contributed by atoms with van der Waals surface area (Å²) in [7, 11) is 4.82. The monoisotopic (exact) mass is 361 g/mol. The number of fused-ring (bicyclic) bond motifs is 3. The van der Waals surface area contributed by atoms with Gasteiger partial charge in [0.2, 0.25) is 0 Å². The van der Waals surface area contributed by atoms with Crippen LogP contribution in [-0.2, 0) is 0 Å². The Morgan fingerprint density at radius 1 is 0.778 bits per heavy atom. The molecule has 1 aromatic heterocycles. The van der Waals surface area contributed by atoms with E-state index in [1.807, 2.05) is 42.5 Å². The zero-order valence-corrected chi connectivity index (χ0v) is 15.4. The van der Waals surface area contributed by atoms with E-state index in [9.17, 15) is 0 Å². The van der Waals surface area contributed by atoms with Gasteiger partial charge in [-0.3, -0.25) is 4.99 Å². The van der Waals surface area contributed by atoms with Crippen molar-refractivity contribution in [2.24, 2.45) is 4.99 Å². The van der Waals surface area contributed by atoms with Gasteiger partial charge in [-0.05, 0) is 24.3 Å². The molecule has 5 heteroatoms. The standard InChI is InChI=1S/C22H19NO4/c1-24-15-11-21(25-2)18(22(12-15)26-3)13-23-14-8-9-20-17(10-14)16-6-4-5-7-19(16)27-20/h4-13H,1-3H3. The molecular formula is C22H19NO4. The van der Waals surface area contributed by atoms with E-state index in [-0.39, 0.29) is 0 Å². The maximum absolute atomic E-state index is 5.86. The highest BCUT2D eigenvalue weighted by Crippen LogP contribution is 2.34. The minimum absolute atomic E-state index is 0.629. The lowest BCUT2D eigenvalue weighted by Gasteiger charge is -2.12. The lowest BCUT2D eigenvalue weighted by molar-refractivity contribution is 0.374. The summed E-state index contributed by atoms with van der Waals surface area (Å²) in [5, 5.41) is 2.11. The first-order valence-electron chi connectivity index (χ1n) is 8.49. The minimum Gasteiger partial charge on any atom is -0.496 e. The van der Waals surface area contributed by atoms with Crippen molar-refractivity contribution in [1.29, 1.82) is 0 Å². The van der Waals surface area contributed by atoms with Crippen LogP contribution < -0.4 is 14.2 Å². The first-order chi connectivity index (χ1) is 13.2. The number of methoxy groups -OCH3 is 3. The van der Waals surface area contributed by atoms with E-state index >= 15 is 0 Å². The predicted molar refractivity (Wildman–Crippen MR) is 107 cm³/mol. The van der Waals surface area contributed by atoms with Gasteiger partial charge in [0.1, 0.15) is 28.4 Å². The molecule has 4 aromatic rings. The molecule has 136 valence electrons. The number of ether oxygens (including phenoxy) is 3. The number of benzene rings is 3. The third-order valence-electron chi connectivity index (χ3n) is 4.46. The second kappa shape index (κ2) is 7.03. The molecule has 3 aromatic carbocycles. The summed E-state index contributed by atoms with van der Waals surface area (Å²) in [5.74, 6) is 1.92. The Bertz CT molecular complexity index is 1120. The highest BCUT2D eigenvalue weighted by molar-refractivity contribution is 6.06. The number of para-hydroxylation sites is 1. The van der Waals surface area contributed by atoms with E-state index in [4.69, 9.17) is 18.6 Å². The zero-order valence-electron chi connectivity index (χ0n) is 15.4. The van der Waals surface area contributed by atoms with E-state index in [2.05, 4.69) is 4.99 Å². The number of aliphatic imine (C=N–C) groups is 1. The van der Waals surface area contributed by atoms with E-state index in [1.165, 1.54) is 0 Å². The van der Waals surface area contributed by atoms with E-state index in [0.717, 1.165) is 33.2 Å². The molecule has 0 radical (unpaired) electrons. The summed E-state index contributed by atoms with van der Waals surface area (Å²) in [4.78, 5) is 4.62. The Morgan fingerprint density at radius 2 is 1.48 bits per heavy atom. The van der Waals surface area contributed by atoms with Crippen molar-refractivity contribution >= 4 is 33.8 Å². The normalized spacial score (nSPS) is 11.4. The van der Waals surface area contributed by atoms with Gasteiger partial charge in [-0.25, -0.2) is 0 Å². The Morgan fingerprint density at radius 3 is 2.19 bits per heavy atom. The number of hydrogen-bond acceptors (Lipinski definition) is 5. The van der Waals surface area contributed by atoms with Gasteiger partial charge in [0, 0.05) is 29.1 Å². The Balaban J connectivity index is 1.77. The van der Waals surface area contributed by atoms with E-state index in [0.29, 0.717) is 17.2 Å². The first-order valence-corrected chi connectivity index (χ1v) is 8.49. The molecule has 0 amide bonds. The fraction of sp³-hybridized carbons (Fsp3) is 0.136. The van der Waals surface area contributed by atoms with Gasteiger partial charge in [-0.2, -0.15) is 0 Å². The number of hydrogen-bond donors (Lipinski definition) is 0. The number of rotatable bonds is 5. The molecule has 0 aliphatic rings. The molecule has 0 spiro atoms. The van der Waals surface area contributed by atoms with Crippen molar-refractivity contribution < 1.29 is 18.6 Å². The smallest absolute Gasteiger partial charge is 0.135 e. The SMILES string of the molecule is COc1cc(OC)c(C=Nc2ccc3oc4ccccc4c3c2)c(OC)c1. The summed E-state index contributed by atoms with van der Waals surface area (Å²) in [6, 6.07) is 17.4. The van der Waals surface area contributed by atoms with Crippen LogP contribution >= 0.6 is 0 Å². The Hall–Kier alpha value is -3.47.